The van der Waals surface area contributed by atoms with Crippen molar-refractivity contribution in [2.45, 2.75) is 31.6 Å². The molecule has 1 aliphatic rings. The molecule has 1 saturated carbocycles. The Balaban J connectivity index is 2.25. The summed E-state index contributed by atoms with van der Waals surface area (Å²) in [5.41, 5.74) is 1.46. The minimum Gasteiger partial charge on any atom is -0.309 e. The Morgan fingerprint density at radius 2 is 2.06 bits per heavy atom. The molecule has 1 aliphatic carbocycles. The normalized spacial score (nSPS) is 16.8. The maximum absolute atomic E-state index is 11.6. The third-order valence-electron chi connectivity index (χ3n) is 3.48. The molecule has 4 heteroatoms. The highest BCUT2D eigenvalue weighted by Crippen LogP contribution is 2.35. The lowest BCUT2D eigenvalue weighted by atomic mass is 9.99. The Bertz CT molecular complexity index is 614. The second kappa shape index (κ2) is 4.15. The molecule has 0 atom stereocenters. The third-order valence-corrected chi connectivity index (χ3v) is 3.71. The largest absolute Gasteiger partial charge is 0.345 e. The van der Waals surface area contributed by atoms with E-state index in [1.54, 1.807) is 6.07 Å². The van der Waals surface area contributed by atoms with Crippen LogP contribution in [-0.2, 0) is 0 Å². The van der Waals surface area contributed by atoms with Crippen LogP contribution >= 0.6 is 11.6 Å². The second-order valence-electron chi connectivity index (χ2n) is 4.60. The van der Waals surface area contributed by atoms with E-state index in [2.05, 4.69) is 9.97 Å². The fourth-order valence-corrected chi connectivity index (χ4v) is 2.85. The fraction of sp³-hybridized carbons (Fsp3) is 0.385. The van der Waals surface area contributed by atoms with Crippen molar-refractivity contribution < 1.29 is 0 Å². The lowest BCUT2D eigenvalue weighted by Crippen LogP contribution is -2.14. The van der Waals surface area contributed by atoms with Crippen LogP contribution in [0.25, 0.3) is 10.9 Å². The monoisotopic (exact) mass is 248 g/mol. The van der Waals surface area contributed by atoms with Crippen LogP contribution in [0.15, 0.2) is 23.0 Å². The summed E-state index contributed by atoms with van der Waals surface area (Å²) in [4.78, 5) is 18.4. The van der Waals surface area contributed by atoms with E-state index in [9.17, 15) is 4.79 Å². The van der Waals surface area contributed by atoms with Gasteiger partial charge in [-0.3, -0.25) is 0 Å². The molecule has 1 aromatic carbocycles. The predicted molar refractivity (Wildman–Crippen MR) is 68.6 cm³/mol. The van der Waals surface area contributed by atoms with Crippen LogP contribution < -0.4 is 5.69 Å². The Labute approximate surface area is 104 Å². The van der Waals surface area contributed by atoms with Gasteiger partial charge in [0.2, 0.25) is 0 Å². The van der Waals surface area contributed by atoms with Crippen LogP contribution in [0.2, 0.25) is 5.02 Å². The van der Waals surface area contributed by atoms with Gasteiger partial charge in [-0.2, -0.15) is 4.98 Å². The van der Waals surface area contributed by atoms with Gasteiger partial charge in [0.05, 0.1) is 5.52 Å². The first-order valence-corrected chi connectivity index (χ1v) is 6.31. The molecule has 0 amide bonds. The van der Waals surface area contributed by atoms with Gasteiger partial charge in [0, 0.05) is 16.1 Å². The SMILES string of the molecule is O=c1nc2cc(Cl)ccc2c(C2CCCC2)[nH]1. The molecule has 17 heavy (non-hydrogen) atoms. The minimum atomic E-state index is -0.276. The zero-order valence-corrected chi connectivity index (χ0v) is 10.1. The van der Waals surface area contributed by atoms with E-state index in [4.69, 9.17) is 11.6 Å². The second-order valence-corrected chi connectivity index (χ2v) is 5.03. The van der Waals surface area contributed by atoms with Gasteiger partial charge in [0.1, 0.15) is 0 Å². The quantitative estimate of drug-likeness (QED) is 0.842. The van der Waals surface area contributed by atoms with E-state index in [0.717, 1.165) is 23.9 Å². The van der Waals surface area contributed by atoms with Gasteiger partial charge in [0.25, 0.3) is 0 Å². The van der Waals surface area contributed by atoms with Crippen molar-refractivity contribution in [3.05, 3.63) is 39.4 Å². The molecule has 1 N–H and O–H groups in total. The molecular formula is C13H13ClN2O. The van der Waals surface area contributed by atoms with E-state index in [1.807, 2.05) is 12.1 Å². The fourth-order valence-electron chi connectivity index (χ4n) is 2.68. The molecule has 2 aromatic rings. The summed E-state index contributed by atoms with van der Waals surface area (Å²) in [5, 5.41) is 1.65. The average Bonchev–Trinajstić information content (AvgIpc) is 2.80. The number of hydrogen-bond acceptors (Lipinski definition) is 2. The van der Waals surface area contributed by atoms with Gasteiger partial charge in [-0.05, 0) is 37.0 Å². The maximum atomic E-state index is 11.6. The van der Waals surface area contributed by atoms with Gasteiger partial charge in [-0.15, -0.1) is 0 Å². The molecule has 88 valence electrons. The summed E-state index contributed by atoms with van der Waals surface area (Å²) < 4.78 is 0. The van der Waals surface area contributed by atoms with E-state index >= 15 is 0 Å². The van der Waals surface area contributed by atoms with Gasteiger partial charge in [0.15, 0.2) is 0 Å². The molecule has 0 aliphatic heterocycles. The van der Waals surface area contributed by atoms with E-state index < -0.39 is 0 Å². The first kappa shape index (κ1) is 10.8. The molecule has 0 spiro atoms. The van der Waals surface area contributed by atoms with Gasteiger partial charge in [-0.1, -0.05) is 24.4 Å². The molecule has 3 rings (SSSR count). The third kappa shape index (κ3) is 1.95. The minimum absolute atomic E-state index is 0.276. The van der Waals surface area contributed by atoms with Crippen molar-refractivity contribution in [2.75, 3.05) is 0 Å². The van der Waals surface area contributed by atoms with Crippen LogP contribution in [0.1, 0.15) is 37.3 Å². The van der Waals surface area contributed by atoms with Gasteiger partial charge >= 0.3 is 5.69 Å². The number of hydrogen-bond donors (Lipinski definition) is 1. The predicted octanol–water partition coefficient (Wildman–Crippen LogP) is 3.23. The number of aromatic amines is 1. The van der Waals surface area contributed by atoms with Crippen LogP contribution in [0, 0.1) is 0 Å². The molecule has 3 nitrogen and oxygen atoms in total. The van der Waals surface area contributed by atoms with Crippen LogP contribution in [0.4, 0.5) is 0 Å². The van der Waals surface area contributed by atoms with Crippen molar-refractivity contribution >= 4 is 22.5 Å². The number of rotatable bonds is 1. The molecule has 1 fully saturated rings. The highest BCUT2D eigenvalue weighted by Gasteiger charge is 2.20. The highest BCUT2D eigenvalue weighted by atomic mass is 35.5. The van der Waals surface area contributed by atoms with Crippen LogP contribution in [0.3, 0.4) is 0 Å². The van der Waals surface area contributed by atoms with E-state index in [-0.39, 0.29) is 5.69 Å². The number of nitrogens with zero attached hydrogens (tertiary/aromatic N) is 1. The van der Waals surface area contributed by atoms with Crippen molar-refractivity contribution in [1.82, 2.24) is 9.97 Å². The standard InChI is InChI=1S/C13H13ClN2O/c14-9-5-6-10-11(7-9)15-13(17)16-12(10)8-3-1-2-4-8/h5-8H,1-4H2,(H,15,16,17). The number of fused-ring (bicyclic) bond motifs is 1. The Morgan fingerprint density at radius 1 is 1.29 bits per heavy atom. The number of aromatic nitrogens is 2. The van der Waals surface area contributed by atoms with Crippen LogP contribution in [-0.4, -0.2) is 9.97 Å². The Morgan fingerprint density at radius 3 is 2.82 bits per heavy atom. The first-order valence-electron chi connectivity index (χ1n) is 5.93. The van der Waals surface area contributed by atoms with E-state index in [0.29, 0.717) is 16.5 Å². The summed E-state index contributed by atoms with van der Waals surface area (Å²) in [5.74, 6) is 0.467. The molecule has 0 saturated heterocycles. The summed E-state index contributed by atoms with van der Waals surface area (Å²) in [6, 6.07) is 5.56. The van der Waals surface area contributed by atoms with Gasteiger partial charge < -0.3 is 4.98 Å². The first-order chi connectivity index (χ1) is 8.24. The maximum Gasteiger partial charge on any atom is 0.345 e. The summed E-state index contributed by atoms with van der Waals surface area (Å²) >= 11 is 5.93. The zero-order valence-electron chi connectivity index (χ0n) is 9.37. The molecule has 0 bridgehead atoms. The summed E-state index contributed by atoms with van der Waals surface area (Å²) in [7, 11) is 0. The number of benzene rings is 1. The summed E-state index contributed by atoms with van der Waals surface area (Å²) in [6.07, 6.45) is 4.78. The lowest BCUT2D eigenvalue weighted by Gasteiger charge is -2.11. The molecule has 0 unspecified atom stereocenters. The molecule has 0 radical (unpaired) electrons. The Kier molecular flexibility index (Phi) is 2.63. The van der Waals surface area contributed by atoms with Crippen molar-refractivity contribution in [1.29, 1.82) is 0 Å². The highest BCUT2D eigenvalue weighted by molar-refractivity contribution is 6.31. The van der Waals surface area contributed by atoms with E-state index in [1.165, 1.54) is 12.8 Å². The Hall–Kier alpha value is -1.35. The number of halogens is 1. The molecule has 1 aromatic heterocycles. The lowest BCUT2D eigenvalue weighted by molar-refractivity contribution is 0.698. The van der Waals surface area contributed by atoms with Crippen molar-refractivity contribution in [3.8, 4) is 0 Å². The van der Waals surface area contributed by atoms with Crippen molar-refractivity contribution in [2.24, 2.45) is 0 Å². The number of nitrogens with one attached hydrogen (secondary N) is 1. The molecular weight excluding hydrogens is 236 g/mol. The van der Waals surface area contributed by atoms with Crippen LogP contribution in [0.5, 0.6) is 0 Å². The van der Waals surface area contributed by atoms with Crippen molar-refractivity contribution in [3.63, 3.8) is 0 Å². The zero-order chi connectivity index (χ0) is 11.8. The average molecular weight is 249 g/mol. The topological polar surface area (TPSA) is 45.8 Å². The van der Waals surface area contributed by atoms with Gasteiger partial charge in [-0.25, -0.2) is 4.79 Å². The smallest absolute Gasteiger partial charge is 0.309 e. The number of H-pyrrole nitrogens is 1. The summed E-state index contributed by atoms with van der Waals surface area (Å²) in [6.45, 7) is 0. The molecule has 1 heterocycles.